The molecule has 0 atom stereocenters. The minimum atomic E-state index is -0.343. The molecule has 1 saturated heterocycles. The van der Waals surface area contributed by atoms with Crippen LogP contribution in [0, 0.1) is 5.82 Å². The van der Waals surface area contributed by atoms with Crippen LogP contribution in [-0.2, 0) is 6.54 Å². The molecule has 0 bridgehead atoms. The summed E-state index contributed by atoms with van der Waals surface area (Å²) in [5, 5.41) is 7.02. The van der Waals surface area contributed by atoms with Crippen molar-refractivity contribution in [3.8, 4) is 0 Å². The Hall–Kier alpha value is -1.57. The summed E-state index contributed by atoms with van der Waals surface area (Å²) in [5.41, 5.74) is 1.29. The van der Waals surface area contributed by atoms with Gasteiger partial charge in [0.05, 0.1) is 0 Å². The fraction of sp³-hybridized carbons (Fsp3) is 0.400. The van der Waals surface area contributed by atoms with E-state index < -0.39 is 0 Å². The van der Waals surface area contributed by atoms with Crippen LogP contribution >= 0.6 is 23.1 Å². The van der Waals surface area contributed by atoms with Crippen molar-refractivity contribution in [3.05, 3.63) is 45.7 Å². The van der Waals surface area contributed by atoms with Crippen molar-refractivity contribution in [1.29, 1.82) is 0 Å². The molecule has 0 aliphatic carbocycles. The van der Waals surface area contributed by atoms with Gasteiger partial charge in [-0.3, -0.25) is 9.69 Å². The smallest absolute Gasteiger partial charge is 0.251 e. The van der Waals surface area contributed by atoms with Crippen molar-refractivity contribution >= 4 is 29.0 Å². The number of likely N-dealkylation sites (tertiary alicyclic amines) is 1. The highest BCUT2D eigenvalue weighted by Gasteiger charge is 2.22. The molecule has 0 spiro atoms. The summed E-state index contributed by atoms with van der Waals surface area (Å²) in [4.78, 5) is 14.4. The maximum absolute atomic E-state index is 12.9. The molecule has 0 radical (unpaired) electrons. The fourth-order valence-corrected chi connectivity index (χ4v) is 3.22. The van der Waals surface area contributed by atoms with E-state index in [0.717, 1.165) is 31.6 Å². The number of hydrogen-bond donors (Lipinski definition) is 1. The van der Waals surface area contributed by atoms with Gasteiger partial charge in [0.25, 0.3) is 5.91 Å². The third-order valence-corrected chi connectivity index (χ3v) is 4.90. The Morgan fingerprint density at radius 1 is 1.35 bits per heavy atom. The van der Waals surface area contributed by atoms with Crippen molar-refractivity contribution < 1.29 is 9.18 Å². The highest BCUT2D eigenvalue weighted by atomic mass is 35.5. The van der Waals surface area contributed by atoms with E-state index in [2.05, 4.69) is 19.8 Å². The molecule has 0 unspecified atom stereocenters. The zero-order valence-corrected chi connectivity index (χ0v) is 13.9. The standard InChI is InChI=1S/C15H16ClFN4OS/c16-14-13(19-20-23-14)9-21-7-5-12(6-8-21)18-15(22)10-1-3-11(17)4-2-10/h1-4,12H,5-9H2,(H,18,22). The first-order chi connectivity index (χ1) is 11.1. The van der Waals surface area contributed by atoms with Gasteiger partial charge in [-0.15, -0.1) is 5.10 Å². The Morgan fingerprint density at radius 3 is 2.65 bits per heavy atom. The van der Waals surface area contributed by atoms with Crippen molar-refractivity contribution in [1.82, 2.24) is 19.8 Å². The van der Waals surface area contributed by atoms with Gasteiger partial charge in [-0.2, -0.15) is 0 Å². The molecular formula is C15H16ClFN4OS. The Bertz CT molecular complexity index is 670. The van der Waals surface area contributed by atoms with Crippen LogP contribution in [0.25, 0.3) is 0 Å². The summed E-state index contributed by atoms with van der Waals surface area (Å²) in [6, 6.07) is 5.72. The van der Waals surface area contributed by atoms with Crippen LogP contribution in [0.3, 0.4) is 0 Å². The van der Waals surface area contributed by atoms with E-state index in [9.17, 15) is 9.18 Å². The number of halogens is 2. The average Bonchev–Trinajstić information content (AvgIpc) is 2.95. The van der Waals surface area contributed by atoms with E-state index in [-0.39, 0.29) is 17.8 Å². The minimum Gasteiger partial charge on any atom is -0.349 e. The molecule has 3 rings (SSSR count). The summed E-state index contributed by atoms with van der Waals surface area (Å²) in [6.45, 7) is 2.42. The van der Waals surface area contributed by atoms with Crippen molar-refractivity contribution in [2.45, 2.75) is 25.4 Å². The SMILES string of the molecule is O=C(NC1CCN(Cc2nnsc2Cl)CC1)c1ccc(F)cc1. The topological polar surface area (TPSA) is 58.1 Å². The summed E-state index contributed by atoms with van der Waals surface area (Å²) in [5.74, 6) is -0.500. The van der Waals surface area contributed by atoms with Gasteiger partial charge in [-0.25, -0.2) is 4.39 Å². The second kappa shape index (κ2) is 7.33. The predicted octanol–water partition coefficient (Wildman–Crippen LogP) is 2.73. The summed E-state index contributed by atoms with van der Waals surface area (Å²) in [6.07, 6.45) is 1.73. The summed E-state index contributed by atoms with van der Waals surface area (Å²) >= 11 is 7.21. The zero-order chi connectivity index (χ0) is 16.2. The number of amides is 1. The second-order valence-electron chi connectivity index (χ2n) is 5.52. The number of aromatic nitrogens is 2. The highest BCUT2D eigenvalue weighted by Crippen LogP contribution is 2.21. The van der Waals surface area contributed by atoms with Gasteiger partial charge in [0, 0.05) is 42.8 Å². The lowest BCUT2D eigenvalue weighted by Crippen LogP contribution is -2.44. The van der Waals surface area contributed by atoms with Crippen LogP contribution in [0.5, 0.6) is 0 Å². The van der Waals surface area contributed by atoms with Crippen LogP contribution in [0.2, 0.25) is 4.34 Å². The van der Waals surface area contributed by atoms with Crippen molar-refractivity contribution in [2.75, 3.05) is 13.1 Å². The monoisotopic (exact) mass is 354 g/mol. The van der Waals surface area contributed by atoms with Gasteiger partial charge in [-0.1, -0.05) is 16.1 Å². The molecule has 8 heteroatoms. The lowest BCUT2D eigenvalue weighted by Gasteiger charge is -2.31. The van der Waals surface area contributed by atoms with E-state index in [1.54, 1.807) is 0 Å². The predicted molar refractivity (Wildman–Crippen MR) is 87.1 cm³/mol. The first-order valence-corrected chi connectivity index (χ1v) is 8.52. The molecule has 1 N–H and O–H groups in total. The van der Waals surface area contributed by atoms with Crippen LogP contribution in [0.15, 0.2) is 24.3 Å². The lowest BCUT2D eigenvalue weighted by molar-refractivity contribution is 0.0908. The average molecular weight is 355 g/mol. The molecule has 1 aromatic carbocycles. The first-order valence-electron chi connectivity index (χ1n) is 7.37. The molecule has 1 amide bonds. The molecule has 1 aliphatic heterocycles. The first kappa shape index (κ1) is 16.3. The number of hydrogen-bond acceptors (Lipinski definition) is 5. The number of carbonyl (C=O) groups excluding carboxylic acids is 1. The largest absolute Gasteiger partial charge is 0.349 e. The Morgan fingerprint density at radius 2 is 2.04 bits per heavy atom. The van der Waals surface area contributed by atoms with E-state index in [4.69, 9.17) is 11.6 Å². The Kier molecular flexibility index (Phi) is 5.20. The maximum atomic E-state index is 12.9. The van der Waals surface area contributed by atoms with Crippen LogP contribution in [0.1, 0.15) is 28.9 Å². The van der Waals surface area contributed by atoms with Crippen LogP contribution < -0.4 is 5.32 Å². The van der Waals surface area contributed by atoms with Gasteiger partial charge < -0.3 is 5.32 Å². The van der Waals surface area contributed by atoms with Gasteiger partial charge in [-0.05, 0) is 37.1 Å². The van der Waals surface area contributed by atoms with E-state index in [1.165, 1.54) is 35.8 Å². The molecule has 1 fully saturated rings. The number of carbonyl (C=O) groups is 1. The third kappa shape index (κ3) is 4.25. The molecule has 1 aliphatic rings. The van der Waals surface area contributed by atoms with E-state index >= 15 is 0 Å². The van der Waals surface area contributed by atoms with Crippen LogP contribution in [-0.4, -0.2) is 39.5 Å². The number of nitrogens with zero attached hydrogens (tertiary/aromatic N) is 3. The molecule has 1 aromatic heterocycles. The third-order valence-electron chi connectivity index (χ3n) is 3.91. The van der Waals surface area contributed by atoms with E-state index in [0.29, 0.717) is 16.4 Å². The van der Waals surface area contributed by atoms with Gasteiger partial charge in [0.15, 0.2) is 0 Å². The molecule has 122 valence electrons. The highest BCUT2D eigenvalue weighted by molar-refractivity contribution is 7.10. The summed E-state index contributed by atoms with van der Waals surface area (Å²) in [7, 11) is 0. The molecule has 2 aromatic rings. The maximum Gasteiger partial charge on any atom is 0.251 e. The van der Waals surface area contributed by atoms with E-state index in [1.807, 2.05) is 0 Å². The zero-order valence-electron chi connectivity index (χ0n) is 12.3. The van der Waals surface area contributed by atoms with Crippen LogP contribution in [0.4, 0.5) is 4.39 Å². The van der Waals surface area contributed by atoms with Crippen molar-refractivity contribution in [3.63, 3.8) is 0 Å². The van der Waals surface area contributed by atoms with Gasteiger partial charge in [0.1, 0.15) is 15.8 Å². The molecule has 2 heterocycles. The van der Waals surface area contributed by atoms with Crippen molar-refractivity contribution in [2.24, 2.45) is 0 Å². The lowest BCUT2D eigenvalue weighted by atomic mass is 10.0. The summed E-state index contributed by atoms with van der Waals surface area (Å²) < 4.78 is 17.3. The van der Waals surface area contributed by atoms with Gasteiger partial charge >= 0.3 is 0 Å². The van der Waals surface area contributed by atoms with Gasteiger partial charge in [0.2, 0.25) is 0 Å². The molecular weight excluding hydrogens is 339 g/mol. The normalized spacial score (nSPS) is 16.4. The molecule has 0 saturated carbocycles. The quantitative estimate of drug-likeness (QED) is 0.917. The Labute approximate surface area is 142 Å². The molecule has 23 heavy (non-hydrogen) atoms. The minimum absolute atomic E-state index is 0.132. The number of piperidine rings is 1. The fourth-order valence-electron chi connectivity index (χ4n) is 2.61. The number of rotatable bonds is 4. The Balaban J connectivity index is 1.48. The number of nitrogens with one attached hydrogen (secondary N) is 1. The molecule has 5 nitrogen and oxygen atoms in total. The number of benzene rings is 1. The second-order valence-corrected chi connectivity index (χ2v) is 6.88.